The van der Waals surface area contributed by atoms with E-state index in [0.717, 1.165) is 0 Å². The summed E-state index contributed by atoms with van der Waals surface area (Å²) in [7, 11) is 6.06. The van der Waals surface area contributed by atoms with Gasteiger partial charge in [0.25, 0.3) is 17.5 Å². The molecule has 0 atom stereocenters. The minimum Gasteiger partial charge on any atom is -0.493 e. The molecule has 1 heterocycles. The molecule has 3 aromatic rings. The lowest BCUT2D eigenvalue weighted by atomic mass is 10.1. The zero-order chi connectivity index (χ0) is 22.0. The van der Waals surface area contributed by atoms with E-state index in [4.69, 9.17) is 9.47 Å². The minimum atomic E-state index is -0.540. The summed E-state index contributed by atoms with van der Waals surface area (Å²) in [5.41, 5.74) is 1.06. The Kier molecular flexibility index (Phi) is 5.58. The summed E-state index contributed by atoms with van der Waals surface area (Å²) < 4.78 is 10.5. The van der Waals surface area contributed by atoms with E-state index in [1.807, 2.05) is 0 Å². The highest BCUT2D eigenvalue weighted by Crippen LogP contribution is 2.34. The van der Waals surface area contributed by atoms with Crippen LogP contribution in [-0.4, -0.2) is 54.9 Å². The summed E-state index contributed by atoms with van der Waals surface area (Å²) in [4.78, 5) is 40.4. The van der Waals surface area contributed by atoms with Crippen molar-refractivity contribution in [2.24, 2.45) is 0 Å². The number of methoxy groups -OCH3 is 2. The Labute approximate surface area is 171 Å². The van der Waals surface area contributed by atoms with Crippen molar-refractivity contribution in [2.45, 2.75) is 0 Å². The summed E-state index contributed by atoms with van der Waals surface area (Å²) >= 11 is 0. The van der Waals surface area contributed by atoms with Crippen LogP contribution in [0.5, 0.6) is 11.5 Å². The number of nitrogens with one attached hydrogen (secondary N) is 2. The number of carbonyl (C=O) groups is 2. The third-order valence-electron chi connectivity index (χ3n) is 4.53. The molecular weight excluding hydrogens is 392 g/mol. The number of hydrogen-bond acceptors (Lipinski definition) is 6. The number of ether oxygens (including phenoxy) is 2. The second-order valence-electron chi connectivity index (χ2n) is 6.60. The van der Waals surface area contributed by atoms with Crippen molar-refractivity contribution in [1.29, 1.82) is 0 Å². The Morgan fingerprint density at radius 2 is 1.73 bits per heavy atom. The van der Waals surface area contributed by atoms with Gasteiger partial charge < -0.3 is 24.7 Å². The van der Waals surface area contributed by atoms with Crippen molar-refractivity contribution >= 4 is 34.1 Å². The number of nitrogens with zero attached hydrogens (tertiary/aromatic N) is 2. The number of nitro benzene ring substituents is 1. The maximum absolute atomic E-state index is 13.0. The number of fused-ring (bicyclic) bond motifs is 1. The van der Waals surface area contributed by atoms with Gasteiger partial charge in [-0.05, 0) is 12.1 Å². The molecule has 0 fully saturated rings. The molecule has 0 radical (unpaired) electrons. The zero-order valence-corrected chi connectivity index (χ0v) is 16.8. The monoisotopic (exact) mass is 412 g/mol. The topological polar surface area (TPSA) is 127 Å². The van der Waals surface area contributed by atoms with Crippen LogP contribution in [0, 0.1) is 10.1 Å². The minimum absolute atomic E-state index is 0.134. The van der Waals surface area contributed by atoms with Crippen molar-refractivity contribution in [1.82, 2.24) is 9.88 Å². The Hall–Kier alpha value is -4.08. The fourth-order valence-corrected chi connectivity index (χ4v) is 3.00. The lowest BCUT2D eigenvalue weighted by Crippen LogP contribution is -2.24. The fourth-order valence-electron chi connectivity index (χ4n) is 3.00. The molecule has 2 aromatic carbocycles. The van der Waals surface area contributed by atoms with Gasteiger partial charge in [0.2, 0.25) is 0 Å². The molecule has 0 saturated heterocycles. The highest BCUT2D eigenvalue weighted by atomic mass is 16.6. The SMILES string of the molecule is COc1cc(NC(=O)c2c[nH]c3ccc([N+](=O)[O-])cc23)c(C(=O)N(C)C)cc1OC. The first kappa shape index (κ1) is 20.6. The number of aromatic amines is 1. The smallest absolute Gasteiger partial charge is 0.270 e. The first-order valence-electron chi connectivity index (χ1n) is 8.81. The van der Waals surface area contributed by atoms with Crippen LogP contribution in [0.15, 0.2) is 36.5 Å². The average molecular weight is 412 g/mol. The van der Waals surface area contributed by atoms with E-state index in [9.17, 15) is 19.7 Å². The third-order valence-corrected chi connectivity index (χ3v) is 4.53. The summed E-state index contributed by atoms with van der Waals surface area (Å²) in [6.07, 6.45) is 1.46. The zero-order valence-electron chi connectivity index (χ0n) is 16.8. The Bertz CT molecular complexity index is 1150. The first-order valence-corrected chi connectivity index (χ1v) is 8.81. The number of benzene rings is 2. The fraction of sp³-hybridized carbons (Fsp3) is 0.200. The van der Waals surface area contributed by atoms with E-state index in [2.05, 4.69) is 10.3 Å². The predicted octanol–water partition coefficient (Wildman–Crippen LogP) is 3.05. The van der Waals surface area contributed by atoms with Gasteiger partial charge in [-0.25, -0.2) is 0 Å². The Morgan fingerprint density at radius 3 is 2.33 bits per heavy atom. The molecule has 30 heavy (non-hydrogen) atoms. The molecule has 2 amide bonds. The van der Waals surface area contributed by atoms with E-state index in [0.29, 0.717) is 22.4 Å². The van der Waals surface area contributed by atoms with Gasteiger partial charge in [-0.15, -0.1) is 0 Å². The quantitative estimate of drug-likeness (QED) is 0.473. The molecule has 1 aromatic heterocycles. The molecule has 0 aliphatic carbocycles. The van der Waals surface area contributed by atoms with Gasteiger partial charge in [0, 0.05) is 49.4 Å². The van der Waals surface area contributed by atoms with Gasteiger partial charge in [0.05, 0.1) is 36.0 Å². The normalized spacial score (nSPS) is 10.5. The second kappa shape index (κ2) is 8.11. The largest absolute Gasteiger partial charge is 0.493 e. The molecule has 3 rings (SSSR count). The van der Waals surface area contributed by atoms with E-state index < -0.39 is 10.8 Å². The van der Waals surface area contributed by atoms with Gasteiger partial charge in [-0.3, -0.25) is 19.7 Å². The average Bonchev–Trinajstić information content (AvgIpc) is 3.16. The van der Waals surface area contributed by atoms with E-state index >= 15 is 0 Å². The van der Waals surface area contributed by atoms with Crippen LogP contribution < -0.4 is 14.8 Å². The molecule has 0 saturated carbocycles. The van der Waals surface area contributed by atoms with E-state index in [-0.39, 0.29) is 28.4 Å². The Balaban J connectivity index is 2.06. The predicted molar refractivity (Wildman–Crippen MR) is 110 cm³/mol. The van der Waals surface area contributed by atoms with Crippen molar-refractivity contribution in [3.8, 4) is 11.5 Å². The van der Waals surface area contributed by atoms with E-state index in [1.165, 1.54) is 55.6 Å². The summed E-state index contributed by atoms with van der Waals surface area (Å²) in [6, 6.07) is 7.17. The lowest BCUT2D eigenvalue weighted by Gasteiger charge is -2.17. The maximum atomic E-state index is 13.0. The highest BCUT2D eigenvalue weighted by Gasteiger charge is 2.22. The van der Waals surface area contributed by atoms with Crippen LogP contribution in [0.2, 0.25) is 0 Å². The van der Waals surface area contributed by atoms with Crippen LogP contribution in [0.4, 0.5) is 11.4 Å². The van der Waals surface area contributed by atoms with Crippen LogP contribution >= 0.6 is 0 Å². The van der Waals surface area contributed by atoms with Gasteiger partial charge >= 0.3 is 0 Å². The van der Waals surface area contributed by atoms with Gasteiger partial charge in [-0.1, -0.05) is 0 Å². The van der Waals surface area contributed by atoms with Crippen molar-refractivity contribution in [3.05, 3.63) is 57.8 Å². The molecule has 0 aliphatic heterocycles. The highest BCUT2D eigenvalue weighted by molar-refractivity contribution is 6.15. The molecule has 156 valence electrons. The van der Waals surface area contributed by atoms with Crippen molar-refractivity contribution in [2.75, 3.05) is 33.6 Å². The molecule has 2 N–H and O–H groups in total. The number of H-pyrrole nitrogens is 1. The van der Waals surface area contributed by atoms with Crippen molar-refractivity contribution in [3.63, 3.8) is 0 Å². The number of aromatic nitrogens is 1. The first-order chi connectivity index (χ1) is 14.3. The number of non-ortho nitro benzene ring substituents is 1. The van der Waals surface area contributed by atoms with E-state index in [1.54, 1.807) is 14.1 Å². The molecule has 0 spiro atoms. The third kappa shape index (κ3) is 3.75. The summed E-state index contributed by atoms with van der Waals surface area (Å²) in [6.45, 7) is 0. The van der Waals surface area contributed by atoms with Crippen LogP contribution in [-0.2, 0) is 0 Å². The number of hydrogen-bond donors (Lipinski definition) is 2. The lowest BCUT2D eigenvalue weighted by molar-refractivity contribution is -0.384. The number of nitro groups is 1. The summed E-state index contributed by atoms with van der Waals surface area (Å²) in [5, 5.41) is 14.2. The van der Waals surface area contributed by atoms with Gasteiger partial charge in [0.15, 0.2) is 11.5 Å². The second-order valence-corrected chi connectivity index (χ2v) is 6.60. The molecule has 0 bridgehead atoms. The molecular formula is C20H20N4O6. The number of rotatable bonds is 6. The standard InChI is InChI=1S/C20H20N4O6/c1-23(2)20(26)13-8-17(29-3)18(30-4)9-16(13)22-19(25)14-10-21-15-6-5-11(24(27)28)7-12(14)15/h5-10,21H,1-4H3,(H,22,25). The number of amides is 2. The van der Waals surface area contributed by atoms with Crippen LogP contribution in [0.1, 0.15) is 20.7 Å². The molecule has 0 aliphatic rings. The molecule has 0 unspecified atom stereocenters. The van der Waals surface area contributed by atoms with Crippen molar-refractivity contribution < 1.29 is 24.0 Å². The number of carbonyl (C=O) groups excluding carboxylic acids is 2. The molecule has 10 nitrogen and oxygen atoms in total. The van der Waals surface area contributed by atoms with Gasteiger partial charge in [0.1, 0.15) is 0 Å². The number of anilines is 1. The van der Waals surface area contributed by atoms with Crippen LogP contribution in [0.25, 0.3) is 10.9 Å². The molecule has 10 heteroatoms. The Morgan fingerprint density at radius 1 is 1.07 bits per heavy atom. The van der Waals surface area contributed by atoms with Gasteiger partial charge in [-0.2, -0.15) is 0 Å². The summed E-state index contributed by atoms with van der Waals surface area (Å²) in [5.74, 6) is -0.219. The maximum Gasteiger partial charge on any atom is 0.270 e. The van der Waals surface area contributed by atoms with Crippen LogP contribution in [0.3, 0.4) is 0 Å².